The third-order valence-corrected chi connectivity index (χ3v) is 12.4. The van der Waals surface area contributed by atoms with Crippen molar-refractivity contribution >= 4 is 44.0 Å². The molecule has 13 rings (SSSR count). The van der Waals surface area contributed by atoms with Crippen LogP contribution in [0.5, 0.6) is 0 Å². The Labute approximate surface area is 384 Å². The molecule has 8 heteroatoms. The summed E-state index contributed by atoms with van der Waals surface area (Å²) in [5, 5.41) is 2.40. The lowest BCUT2D eigenvalue weighted by molar-refractivity contribution is 0.619. The molecule has 0 N–H and O–H groups in total. The largest absolute Gasteiger partial charge is 0.436 e. The number of aromatic nitrogens is 6. The molecule has 8 nitrogen and oxygen atoms in total. The van der Waals surface area contributed by atoms with Crippen LogP contribution in [0.25, 0.3) is 129 Å². The number of para-hydroxylation sites is 5. The summed E-state index contributed by atoms with van der Waals surface area (Å²) in [4.78, 5) is 24.6. The van der Waals surface area contributed by atoms with Crippen molar-refractivity contribution in [3.8, 4) is 85.0 Å². The molecule has 4 aromatic heterocycles. The molecule has 0 bridgehead atoms. The highest BCUT2D eigenvalue weighted by atomic mass is 16.4. The van der Waals surface area contributed by atoms with Gasteiger partial charge in [0.25, 0.3) is 0 Å². The molecule has 0 saturated carbocycles. The van der Waals surface area contributed by atoms with Crippen LogP contribution in [0.3, 0.4) is 0 Å². The second kappa shape index (κ2) is 15.8. The molecule has 0 aliphatic carbocycles. The van der Waals surface area contributed by atoms with Gasteiger partial charge in [0.15, 0.2) is 28.6 Å². The Kier molecular flexibility index (Phi) is 8.99. The van der Waals surface area contributed by atoms with E-state index >= 15 is 0 Å². The van der Waals surface area contributed by atoms with Crippen molar-refractivity contribution in [1.82, 2.24) is 29.5 Å². The summed E-state index contributed by atoms with van der Waals surface area (Å²) >= 11 is 0. The molecule has 0 fully saturated rings. The van der Waals surface area contributed by atoms with E-state index in [4.69, 9.17) is 33.8 Å². The molecule has 67 heavy (non-hydrogen) atoms. The fourth-order valence-corrected chi connectivity index (χ4v) is 8.98. The molecule has 4 heterocycles. The molecular formula is C59H36N6O2. The zero-order valence-electron chi connectivity index (χ0n) is 35.8. The van der Waals surface area contributed by atoms with Crippen molar-refractivity contribution in [2.24, 2.45) is 0 Å². The average Bonchev–Trinajstić information content (AvgIpc) is 4.13. The quantitative estimate of drug-likeness (QED) is 0.150. The summed E-state index contributed by atoms with van der Waals surface area (Å²) in [5.74, 6) is 2.78. The van der Waals surface area contributed by atoms with E-state index in [9.17, 15) is 0 Å². The highest BCUT2D eigenvalue weighted by Gasteiger charge is 2.17. The summed E-state index contributed by atoms with van der Waals surface area (Å²) < 4.78 is 14.5. The average molecular weight is 861 g/mol. The number of oxazole rings is 2. The van der Waals surface area contributed by atoms with Gasteiger partial charge >= 0.3 is 0 Å². The minimum absolute atomic E-state index is 0.548. The first-order chi connectivity index (χ1) is 33.1. The molecule has 0 saturated heterocycles. The van der Waals surface area contributed by atoms with Gasteiger partial charge in [-0.25, -0.2) is 24.9 Å². The summed E-state index contributed by atoms with van der Waals surface area (Å²) in [7, 11) is 0. The van der Waals surface area contributed by atoms with Crippen molar-refractivity contribution in [3.05, 3.63) is 218 Å². The zero-order valence-corrected chi connectivity index (χ0v) is 35.8. The van der Waals surface area contributed by atoms with E-state index in [0.717, 1.165) is 72.3 Å². The van der Waals surface area contributed by atoms with E-state index in [1.807, 2.05) is 97.1 Å². The van der Waals surface area contributed by atoms with Gasteiger partial charge in [0.1, 0.15) is 11.0 Å². The van der Waals surface area contributed by atoms with E-state index in [1.54, 1.807) is 0 Å². The van der Waals surface area contributed by atoms with Gasteiger partial charge in [-0.05, 0) is 101 Å². The highest BCUT2D eigenvalue weighted by Crippen LogP contribution is 2.37. The van der Waals surface area contributed by atoms with Crippen molar-refractivity contribution in [1.29, 1.82) is 0 Å². The number of nitrogens with zero attached hydrogens (tertiary/aromatic N) is 6. The zero-order chi connectivity index (χ0) is 44.3. The molecule has 314 valence electrons. The van der Waals surface area contributed by atoms with Crippen LogP contribution in [0.4, 0.5) is 0 Å². The van der Waals surface area contributed by atoms with Crippen molar-refractivity contribution < 1.29 is 8.83 Å². The first kappa shape index (κ1) is 38.2. The Morgan fingerprint density at radius 1 is 0.284 bits per heavy atom. The molecule has 0 radical (unpaired) electrons. The van der Waals surface area contributed by atoms with Crippen LogP contribution < -0.4 is 0 Å². The lowest BCUT2D eigenvalue weighted by atomic mass is 10.0. The Morgan fingerprint density at radius 2 is 0.716 bits per heavy atom. The Hall–Kier alpha value is -9.27. The molecule has 0 aliphatic heterocycles. The number of fused-ring (bicyclic) bond motifs is 5. The van der Waals surface area contributed by atoms with E-state index in [0.29, 0.717) is 29.3 Å². The maximum Gasteiger partial charge on any atom is 0.227 e. The topological polar surface area (TPSA) is 95.7 Å². The van der Waals surface area contributed by atoms with E-state index in [1.165, 1.54) is 27.4 Å². The Balaban J connectivity index is 0.862. The Morgan fingerprint density at radius 3 is 1.30 bits per heavy atom. The maximum absolute atomic E-state index is 6.07. The normalized spacial score (nSPS) is 11.6. The van der Waals surface area contributed by atoms with Crippen LogP contribution in [0.1, 0.15) is 0 Å². The fourth-order valence-electron chi connectivity index (χ4n) is 8.98. The smallest absolute Gasteiger partial charge is 0.227 e. The molecule has 13 aromatic rings. The monoisotopic (exact) mass is 860 g/mol. The Bertz CT molecular complexity index is 3760. The maximum atomic E-state index is 6.07. The van der Waals surface area contributed by atoms with E-state index in [2.05, 4.69) is 126 Å². The van der Waals surface area contributed by atoms with Gasteiger partial charge in [-0.2, -0.15) is 0 Å². The lowest BCUT2D eigenvalue weighted by Crippen LogP contribution is -2.00. The number of benzene rings is 9. The second-order valence-corrected chi connectivity index (χ2v) is 16.5. The molecule has 0 amide bonds. The minimum Gasteiger partial charge on any atom is -0.436 e. The molecule has 0 aliphatic rings. The van der Waals surface area contributed by atoms with E-state index in [-0.39, 0.29) is 0 Å². The van der Waals surface area contributed by atoms with E-state index < -0.39 is 0 Å². The van der Waals surface area contributed by atoms with Gasteiger partial charge in [-0.1, -0.05) is 140 Å². The third-order valence-electron chi connectivity index (χ3n) is 12.4. The van der Waals surface area contributed by atoms with Gasteiger partial charge < -0.3 is 13.4 Å². The first-order valence-corrected chi connectivity index (χ1v) is 22.1. The van der Waals surface area contributed by atoms with Crippen molar-refractivity contribution in [2.75, 3.05) is 0 Å². The molecule has 9 aromatic carbocycles. The fraction of sp³-hybridized carbons (Fsp3) is 0. The van der Waals surface area contributed by atoms with Crippen molar-refractivity contribution in [3.63, 3.8) is 0 Å². The molecule has 0 unspecified atom stereocenters. The van der Waals surface area contributed by atoms with Crippen LogP contribution in [0, 0.1) is 0 Å². The van der Waals surface area contributed by atoms with Crippen molar-refractivity contribution in [2.45, 2.75) is 0 Å². The van der Waals surface area contributed by atoms with Gasteiger partial charge in [0, 0.05) is 44.3 Å². The number of hydrogen-bond acceptors (Lipinski definition) is 7. The summed E-state index contributed by atoms with van der Waals surface area (Å²) in [6.07, 6.45) is 0. The standard InChI is InChI=1S/C59H36N6O2/c1-2-11-37(12-3-1)44-13-10-14-46(35-44)65-51-18-7-4-15-47(51)48-36-45(33-34-52(48)65)38-21-23-39(24-22-38)55-62-56(40-25-29-42(30-26-40)58-60-49-16-5-8-19-53(49)66-58)64-57(63-55)41-27-31-43(32-28-41)59-61-50-17-6-9-20-54(50)67-59/h1-36H. The second-order valence-electron chi connectivity index (χ2n) is 16.5. The van der Waals surface area contributed by atoms with Gasteiger partial charge in [-0.3, -0.25) is 0 Å². The summed E-state index contributed by atoms with van der Waals surface area (Å²) in [6, 6.07) is 74.7. The molecular weight excluding hydrogens is 825 g/mol. The van der Waals surface area contributed by atoms with Gasteiger partial charge in [-0.15, -0.1) is 0 Å². The molecule has 0 atom stereocenters. The van der Waals surface area contributed by atoms with Gasteiger partial charge in [0.05, 0.1) is 11.0 Å². The van der Waals surface area contributed by atoms with Crippen LogP contribution >= 0.6 is 0 Å². The predicted octanol–water partition coefficient (Wildman–Crippen LogP) is 14.9. The highest BCUT2D eigenvalue weighted by molar-refractivity contribution is 6.10. The first-order valence-electron chi connectivity index (χ1n) is 22.1. The molecule has 0 spiro atoms. The van der Waals surface area contributed by atoms with Crippen LogP contribution in [-0.2, 0) is 0 Å². The SMILES string of the molecule is c1ccc(-c2cccc(-n3c4ccccc4c4cc(-c5ccc(-c6nc(-c7ccc(-c8nc9ccccc9o8)cc7)nc(-c7ccc(-c8nc9ccccc9o8)cc7)n6)cc5)ccc43)c2)cc1. The van der Waals surface area contributed by atoms with Crippen LogP contribution in [0.15, 0.2) is 227 Å². The summed E-state index contributed by atoms with van der Waals surface area (Å²) in [6.45, 7) is 0. The van der Waals surface area contributed by atoms with Crippen LogP contribution in [-0.4, -0.2) is 29.5 Å². The number of rotatable bonds is 8. The minimum atomic E-state index is 0.548. The third kappa shape index (κ3) is 6.92. The lowest BCUT2D eigenvalue weighted by Gasteiger charge is -2.11. The number of hydrogen-bond donors (Lipinski definition) is 0. The summed E-state index contributed by atoms with van der Waals surface area (Å²) in [5.41, 5.74) is 15.4. The van der Waals surface area contributed by atoms with Crippen LogP contribution in [0.2, 0.25) is 0 Å². The predicted molar refractivity (Wildman–Crippen MR) is 267 cm³/mol. The van der Waals surface area contributed by atoms with Gasteiger partial charge in [0.2, 0.25) is 11.8 Å².